The highest BCUT2D eigenvalue weighted by molar-refractivity contribution is 9.10. The molecule has 0 radical (unpaired) electrons. The van der Waals surface area contributed by atoms with E-state index in [0.717, 1.165) is 5.69 Å². The molecule has 90 valence electrons. The second kappa shape index (κ2) is 4.30. The van der Waals surface area contributed by atoms with Gasteiger partial charge in [0.05, 0.1) is 5.69 Å². The lowest BCUT2D eigenvalue weighted by atomic mass is 9.99. The van der Waals surface area contributed by atoms with Crippen LogP contribution in [-0.2, 0) is 7.05 Å². The number of nitrogens with zero attached hydrogens (tertiary/aromatic N) is 2. The van der Waals surface area contributed by atoms with Crippen LogP contribution in [0.2, 0.25) is 0 Å². The molecule has 1 heterocycles. The zero-order valence-electron chi connectivity index (χ0n) is 10.9. The van der Waals surface area contributed by atoms with Crippen LogP contribution in [0.1, 0.15) is 22.5 Å². The highest BCUT2D eigenvalue weighted by atomic mass is 79.9. The SMILES string of the molecule is Cc1cc(-c2c(C)nn(C)c2C)cc(C)c1Br. The number of aryl methyl sites for hydroxylation is 4. The summed E-state index contributed by atoms with van der Waals surface area (Å²) in [6, 6.07) is 4.43. The first-order valence-electron chi connectivity index (χ1n) is 5.69. The summed E-state index contributed by atoms with van der Waals surface area (Å²) >= 11 is 3.61. The Bertz CT molecular complexity index is 559. The molecule has 0 atom stereocenters. The minimum Gasteiger partial charge on any atom is -0.272 e. The van der Waals surface area contributed by atoms with Crippen LogP contribution in [0.15, 0.2) is 16.6 Å². The van der Waals surface area contributed by atoms with Crippen LogP contribution in [0.25, 0.3) is 11.1 Å². The first kappa shape index (κ1) is 12.4. The lowest BCUT2D eigenvalue weighted by molar-refractivity contribution is 0.731. The molecule has 2 nitrogen and oxygen atoms in total. The third-order valence-electron chi connectivity index (χ3n) is 3.23. The Hall–Kier alpha value is -1.09. The molecule has 2 aromatic rings. The van der Waals surface area contributed by atoms with E-state index >= 15 is 0 Å². The molecular formula is C14H17BrN2. The van der Waals surface area contributed by atoms with E-state index < -0.39 is 0 Å². The van der Waals surface area contributed by atoms with Crippen molar-refractivity contribution in [2.75, 3.05) is 0 Å². The van der Waals surface area contributed by atoms with Gasteiger partial charge in [0.15, 0.2) is 0 Å². The van der Waals surface area contributed by atoms with Gasteiger partial charge in [0.2, 0.25) is 0 Å². The maximum atomic E-state index is 4.47. The summed E-state index contributed by atoms with van der Waals surface area (Å²) in [6.07, 6.45) is 0. The smallest absolute Gasteiger partial charge is 0.0674 e. The summed E-state index contributed by atoms with van der Waals surface area (Å²) in [7, 11) is 1.99. The van der Waals surface area contributed by atoms with Crippen LogP contribution in [0.4, 0.5) is 0 Å². The van der Waals surface area contributed by atoms with Crippen LogP contribution in [0.5, 0.6) is 0 Å². The molecule has 0 aliphatic rings. The van der Waals surface area contributed by atoms with Crippen molar-refractivity contribution in [3.63, 3.8) is 0 Å². The van der Waals surface area contributed by atoms with Gasteiger partial charge in [0.1, 0.15) is 0 Å². The van der Waals surface area contributed by atoms with E-state index in [9.17, 15) is 0 Å². The first-order chi connectivity index (χ1) is 7.91. The first-order valence-corrected chi connectivity index (χ1v) is 6.48. The van der Waals surface area contributed by atoms with Crippen LogP contribution in [0.3, 0.4) is 0 Å². The average Bonchev–Trinajstić information content (AvgIpc) is 2.49. The lowest BCUT2D eigenvalue weighted by Gasteiger charge is -2.08. The molecule has 0 aliphatic heterocycles. The van der Waals surface area contributed by atoms with Gasteiger partial charge in [-0.15, -0.1) is 0 Å². The summed E-state index contributed by atoms with van der Waals surface area (Å²) in [6.45, 7) is 8.43. The van der Waals surface area contributed by atoms with Gasteiger partial charge in [0, 0.05) is 22.8 Å². The van der Waals surface area contributed by atoms with Crippen molar-refractivity contribution < 1.29 is 0 Å². The van der Waals surface area contributed by atoms with Crippen LogP contribution >= 0.6 is 15.9 Å². The standard InChI is InChI=1S/C14H17BrN2/c1-8-6-12(7-9(2)14(8)15)13-10(3)16-17(5)11(13)4/h6-7H,1-5H3. The van der Waals surface area contributed by atoms with E-state index in [0.29, 0.717) is 0 Å². The molecule has 0 amide bonds. The summed E-state index contributed by atoms with van der Waals surface area (Å²) in [4.78, 5) is 0. The van der Waals surface area contributed by atoms with E-state index in [1.54, 1.807) is 0 Å². The number of hydrogen-bond donors (Lipinski definition) is 0. The van der Waals surface area contributed by atoms with E-state index in [-0.39, 0.29) is 0 Å². The molecule has 3 heteroatoms. The molecule has 1 aromatic heterocycles. The quantitative estimate of drug-likeness (QED) is 0.774. The normalized spacial score (nSPS) is 10.9. The molecule has 1 aromatic carbocycles. The Morgan fingerprint density at radius 1 is 1.06 bits per heavy atom. The van der Waals surface area contributed by atoms with E-state index in [4.69, 9.17) is 0 Å². The molecule has 0 bridgehead atoms. The summed E-state index contributed by atoms with van der Waals surface area (Å²) in [5.74, 6) is 0. The predicted octanol–water partition coefficient (Wildman–Crippen LogP) is 4.08. The molecule has 0 aliphatic carbocycles. The Labute approximate surface area is 111 Å². The lowest BCUT2D eigenvalue weighted by Crippen LogP contribution is -1.93. The van der Waals surface area contributed by atoms with Crippen molar-refractivity contribution in [1.29, 1.82) is 0 Å². The zero-order chi connectivity index (χ0) is 12.7. The molecule has 2 rings (SSSR count). The summed E-state index contributed by atoms with van der Waals surface area (Å²) in [5, 5.41) is 4.47. The summed E-state index contributed by atoms with van der Waals surface area (Å²) in [5.41, 5.74) is 7.34. The molecule has 0 unspecified atom stereocenters. The third-order valence-corrected chi connectivity index (χ3v) is 4.48. The second-order valence-electron chi connectivity index (χ2n) is 4.59. The van der Waals surface area contributed by atoms with Gasteiger partial charge in [-0.2, -0.15) is 5.10 Å². The maximum Gasteiger partial charge on any atom is 0.0674 e. The van der Waals surface area contributed by atoms with Crippen molar-refractivity contribution in [1.82, 2.24) is 9.78 Å². The molecule has 0 fully saturated rings. The van der Waals surface area contributed by atoms with Crippen molar-refractivity contribution in [3.8, 4) is 11.1 Å². The topological polar surface area (TPSA) is 17.8 Å². The minimum atomic E-state index is 1.09. The molecule has 0 saturated heterocycles. The molecule has 0 saturated carbocycles. The third kappa shape index (κ3) is 2.04. The molecule has 0 N–H and O–H groups in total. The van der Waals surface area contributed by atoms with Gasteiger partial charge in [-0.25, -0.2) is 0 Å². The monoisotopic (exact) mass is 292 g/mol. The van der Waals surface area contributed by atoms with Crippen LogP contribution < -0.4 is 0 Å². The fraction of sp³-hybridized carbons (Fsp3) is 0.357. The zero-order valence-corrected chi connectivity index (χ0v) is 12.5. The molecule has 17 heavy (non-hydrogen) atoms. The minimum absolute atomic E-state index is 1.09. The van der Waals surface area contributed by atoms with E-state index in [1.165, 1.54) is 32.4 Å². The van der Waals surface area contributed by atoms with Gasteiger partial charge >= 0.3 is 0 Å². The average molecular weight is 293 g/mol. The van der Waals surface area contributed by atoms with E-state index in [2.05, 4.69) is 60.9 Å². The number of benzene rings is 1. The van der Waals surface area contributed by atoms with Gasteiger partial charge < -0.3 is 0 Å². The Morgan fingerprint density at radius 2 is 1.59 bits per heavy atom. The largest absolute Gasteiger partial charge is 0.272 e. The van der Waals surface area contributed by atoms with Crippen LogP contribution in [-0.4, -0.2) is 9.78 Å². The number of aromatic nitrogens is 2. The molecule has 0 spiro atoms. The predicted molar refractivity (Wildman–Crippen MR) is 75.3 cm³/mol. The van der Waals surface area contributed by atoms with Crippen molar-refractivity contribution in [2.24, 2.45) is 7.05 Å². The highest BCUT2D eigenvalue weighted by Gasteiger charge is 2.13. The van der Waals surface area contributed by atoms with Crippen LogP contribution in [0, 0.1) is 27.7 Å². The molecular weight excluding hydrogens is 276 g/mol. The van der Waals surface area contributed by atoms with Gasteiger partial charge in [-0.1, -0.05) is 28.1 Å². The fourth-order valence-electron chi connectivity index (χ4n) is 2.28. The van der Waals surface area contributed by atoms with Crippen molar-refractivity contribution >= 4 is 15.9 Å². The fourth-order valence-corrected chi connectivity index (χ4v) is 2.51. The maximum absolute atomic E-state index is 4.47. The summed E-state index contributed by atoms with van der Waals surface area (Å²) < 4.78 is 3.14. The van der Waals surface area contributed by atoms with Gasteiger partial charge in [-0.3, -0.25) is 4.68 Å². The van der Waals surface area contributed by atoms with Crippen molar-refractivity contribution in [3.05, 3.63) is 39.1 Å². The Morgan fingerprint density at radius 3 is 2.00 bits per heavy atom. The Kier molecular flexibility index (Phi) is 3.13. The number of hydrogen-bond acceptors (Lipinski definition) is 1. The van der Waals surface area contributed by atoms with Gasteiger partial charge in [-0.05, 0) is 44.4 Å². The second-order valence-corrected chi connectivity index (χ2v) is 5.39. The number of rotatable bonds is 1. The number of halogens is 1. The Balaban J connectivity index is 2.69. The van der Waals surface area contributed by atoms with Crippen molar-refractivity contribution in [2.45, 2.75) is 27.7 Å². The van der Waals surface area contributed by atoms with Gasteiger partial charge in [0.25, 0.3) is 0 Å². The highest BCUT2D eigenvalue weighted by Crippen LogP contribution is 2.31. The van der Waals surface area contributed by atoms with E-state index in [1.807, 2.05) is 11.7 Å².